The molecule has 362 valence electrons. The average molecular weight is 874 g/mol. The lowest BCUT2D eigenvalue weighted by atomic mass is 10.1. The number of hydrogen-bond acceptors (Lipinski definition) is 6. The van der Waals surface area contributed by atoms with E-state index in [1.165, 1.54) is 83.5 Å². The lowest BCUT2D eigenvalue weighted by Gasteiger charge is -2.37. The topological polar surface area (TPSA) is 80.2 Å². The van der Waals surface area contributed by atoms with Crippen LogP contribution in [0.4, 0.5) is 0 Å². The third-order valence-electron chi connectivity index (χ3n) is 8.05. The van der Waals surface area contributed by atoms with Gasteiger partial charge in [0.15, 0.2) is 10.2 Å². The Morgan fingerprint density at radius 3 is 1.09 bits per heavy atom. The first-order valence-corrected chi connectivity index (χ1v) is 25.2. The zero-order chi connectivity index (χ0) is 47.4. The minimum absolute atomic E-state index is 0.0648. The van der Waals surface area contributed by atoms with E-state index in [0.717, 1.165) is 76.1 Å². The molecule has 7 nitrogen and oxygen atoms in total. The molecule has 0 aliphatic carbocycles. The van der Waals surface area contributed by atoms with Crippen LogP contribution in [-0.2, 0) is 4.74 Å². The molecule has 1 rings (SSSR count). The van der Waals surface area contributed by atoms with Gasteiger partial charge in [0.05, 0.1) is 12.2 Å². The number of ether oxygens (including phenoxy) is 1. The first kappa shape index (κ1) is 78.0. The molecule has 0 radical (unpaired) electrons. The fraction of sp³-hybridized carbons (Fsp3) is 0.959. The Bertz CT molecular complexity index is 599. The number of nitrogens with one attached hydrogen (secondary N) is 2. The Morgan fingerprint density at radius 1 is 0.621 bits per heavy atom. The van der Waals surface area contributed by atoms with Crippen LogP contribution in [0, 0.1) is 5.92 Å². The number of unbranched alkanes of at least 4 members (excludes halogenated alkanes) is 6. The van der Waals surface area contributed by atoms with E-state index in [1.54, 1.807) is 7.05 Å². The molecular formula is C49H116N4O3S2. The number of thiocarbonyl (C=S) groups is 2. The van der Waals surface area contributed by atoms with Gasteiger partial charge >= 0.3 is 0 Å². The second-order valence-electron chi connectivity index (χ2n) is 14.3. The van der Waals surface area contributed by atoms with Crippen LogP contribution in [0.2, 0.25) is 0 Å². The maximum absolute atomic E-state index is 8.67. The van der Waals surface area contributed by atoms with Crippen molar-refractivity contribution in [1.82, 2.24) is 20.4 Å². The van der Waals surface area contributed by atoms with Gasteiger partial charge in [-0.05, 0) is 89.9 Å². The van der Waals surface area contributed by atoms with Crippen molar-refractivity contribution in [2.75, 3.05) is 53.5 Å². The molecule has 4 N–H and O–H groups in total. The second kappa shape index (κ2) is 80.4. The highest BCUT2D eigenvalue weighted by Gasteiger charge is 2.21. The molecule has 0 saturated carbocycles. The molecule has 58 heavy (non-hydrogen) atoms. The smallest absolute Gasteiger partial charge is 0.177 e. The van der Waals surface area contributed by atoms with Crippen LogP contribution in [0.3, 0.4) is 0 Å². The molecule has 0 aromatic rings. The van der Waals surface area contributed by atoms with Gasteiger partial charge in [-0.1, -0.05) is 194 Å². The Balaban J connectivity index is -0.0000000675. The number of hydrogen-bond donors (Lipinski definition) is 4. The first-order chi connectivity index (χ1) is 27.5. The highest BCUT2D eigenvalue weighted by atomic mass is 32.1. The van der Waals surface area contributed by atoms with Crippen molar-refractivity contribution in [3.63, 3.8) is 0 Å². The molecule has 0 spiro atoms. The minimum atomic E-state index is -0.102. The van der Waals surface area contributed by atoms with Gasteiger partial charge in [-0.15, -0.1) is 0 Å². The van der Waals surface area contributed by atoms with E-state index in [4.69, 9.17) is 39.4 Å². The SMILES string of the molecule is CCC.CCC(C)CC.CCC(O)CC.CCCC.CCCC(C)O.CCCCC.CCCCCC.CCNCC.CCOCC.CNC(=S)N(C)C(=S)N1CCC1. The summed E-state index contributed by atoms with van der Waals surface area (Å²) >= 11 is 10.3. The molecule has 0 aromatic carbocycles. The molecule has 1 aliphatic rings. The van der Waals surface area contributed by atoms with E-state index < -0.39 is 0 Å². The van der Waals surface area contributed by atoms with Gasteiger partial charge in [0.25, 0.3) is 0 Å². The number of likely N-dealkylation sites (tertiary alicyclic amines) is 1. The number of rotatable bonds is 16. The lowest BCUT2D eigenvalue weighted by molar-refractivity contribution is 0.162. The van der Waals surface area contributed by atoms with Crippen molar-refractivity contribution in [2.45, 2.75) is 253 Å². The first-order valence-electron chi connectivity index (χ1n) is 24.4. The summed E-state index contributed by atoms with van der Waals surface area (Å²) in [6, 6.07) is 0. The maximum atomic E-state index is 8.67. The summed E-state index contributed by atoms with van der Waals surface area (Å²) in [6.07, 6.45) is 21.0. The van der Waals surface area contributed by atoms with Crippen molar-refractivity contribution >= 4 is 34.7 Å². The van der Waals surface area contributed by atoms with E-state index in [9.17, 15) is 0 Å². The zero-order valence-electron chi connectivity index (χ0n) is 44.0. The van der Waals surface area contributed by atoms with Crippen LogP contribution in [-0.4, -0.2) is 95.9 Å². The summed E-state index contributed by atoms with van der Waals surface area (Å²) in [5, 5.41) is 24.7. The molecule has 0 amide bonds. The average Bonchev–Trinajstić information content (AvgIpc) is 3.21. The van der Waals surface area contributed by atoms with Crippen molar-refractivity contribution in [3.8, 4) is 0 Å². The quantitative estimate of drug-likeness (QED) is 0.0896. The zero-order valence-corrected chi connectivity index (χ0v) is 45.6. The summed E-state index contributed by atoms with van der Waals surface area (Å²) in [5.74, 6) is 0.935. The third-order valence-corrected chi connectivity index (χ3v) is 9.06. The standard InChI is InChI=1S/C7H13N3S2.2C6H14.2C5H12O.C5H12.C4H11N.C4H10O.C4H10.C3H8/c1-8-6(11)9(2)7(12)10-4-3-5-10;1-4-6(3)5-2;1-3-5-6-4-2;1-3-4-5(2)6;1-3-5(6)4-2;3*1-3-5-4-2;1-3-4-2;1-3-2/h3-5H2,1-2H3,(H,8,11);6H,4-5H2,1-3H3;3-6H2,1-2H3;2*5-6H,3-4H2,1-2H3;3-5H2,1-2H3;5H,3-4H2,1-2H3;3-4H2,1-2H3;3-4H2,1-2H3;3H2,1-2H3. The maximum Gasteiger partial charge on any atom is 0.177 e. The van der Waals surface area contributed by atoms with Gasteiger partial charge < -0.3 is 30.5 Å². The highest BCUT2D eigenvalue weighted by Crippen LogP contribution is 2.09. The van der Waals surface area contributed by atoms with E-state index >= 15 is 0 Å². The molecule has 9 heteroatoms. The third kappa shape index (κ3) is 100. The Kier molecular flexibility index (Phi) is 108. The Morgan fingerprint density at radius 2 is 1.00 bits per heavy atom. The fourth-order valence-corrected chi connectivity index (χ4v) is 3.70. The molecule has 1 atom stereocenters. The predicted molar refractivity (Wildman–Crippen MR) is 279 cm³/mol. The highest BCUT2D eigenvalue weighted by molar-refractivity contribution is 7.81. The molecule has 1 saturated heterocycles. The molecule has 1 fully saturated rings. The van der Waals surface area contributed by atoms with E-state index in [2.05, 4.69) is 112 Å². The van der Waals surface area contributed by atoms with Gasteiger partial charge in [0.1, 0.15) is 0 Å². The van der Waals surface area contributed by atoms with Crippen molar-refractivity contribution in [1.29, 1.82) is 0 Å². The largest absolute Gasteiger partial charge is 0.393 e. The van der Waals surface area contributed by atoms with Crippen LogP contribution in [0.5, 0.6) is 0 Å². The summed E-state index contributed by atoms with van der Waals surface area (Å²) in [7, 11) is 3.69. The number of aliphatic hydroxyl groups is 2. The van der Waals surface area contributed by atoms with E-state index in [-0.39, 0.29) is 12.2 Å². The molecular weight excluding hydrogens is 757 g/mol. The van der Waals surface area contributed by atoms with Crippen LogP contribution in [0.15, 0.2) is 0 Å². The summed E-state index contributed by atoms with van der Waals surface area (Å²) in [4.78, 5) is 3.96. The van der Waals surface area contributed by atoms with Gasteiger partial charge in [0, 0.05) is 40.4 Å². The molecule has 1 heterocycles. The predicted octanol–water partition coefficient (Wildman–Crippen LogP) is 14.9. The van der Waals surface area contributed by atoms with E-state index in [0.29, 0.717) is 5.11 Å². The summed E-state index contributed by atoms with van der Waals surface area (Å²) in [5.41, 5.74) is 0. The van der Waals surface area contributed by atoms with Crippen LogP contribution in [0.1, 0.15) is 241 Å². The fourth-order valence-electron chi connectivity index (χ4n) is 3.28. The summed E-state index contributed by atoms with van der Waals surface area (Å²) in [6.45, 7) is 46.3. The van der Waals surface area contributed by atoms with Crippen LogP contribution >= 0.6 is 24.4 Å². The second-order valence-corrected chi connectivity index (χ2v) is 15.0. The monoisotopic (exact) mass is 873 g/mol. The lowest BCUT2D eigenvalue weighted by Crippen LogP contribution is -2.51. The normalized spacial score (nSPS) is 10.6. The molecule has 1 unspecified atom stereocenters. The molecule has 0 bridgehead atoms. The van der Waals surface area contributed by atoms with Crippen LogP contribution < -0.4 is 10.6 Å². The number of aliphatic hydroxyl groups excluding tert-OH is 2. The minimum Gasteiger partial charge on any atom is -0.393 e. The summed E-state index contributed by atoms with van der Waals surface area (Å²) < 4.78 is 4.83. The Hall–Kier alpha value is -0.580. The van der Waals surface area contributed by atoms with Gasteiger partial charge in [-0.3, -0.25) is 4.90 Å². The van der Waals surface area contributed by atoms with Crippen molar-refractivity contribution in [3.05, 3.63) is 0 Å². The van der Waals surface area contributed by atoms with Gasteiger partial charge in [-0.25, -0.2) is 0 Å². The van der Waals surface area contributed by atoms with Gasteiger partial charge in [-0.2, -0.15) is 0 Å². The molecule has 1 aliphatic heterocycles. The van der Waals surface area contributed by atoms with Crippen LogP contribution in [0.25, 0.3) is 0 Å². The van der Waals surface area contributed by atoms with E-state index in [1.807, 2.05) is 46.6 Å². The molecule has 0 aromatic heterocycles. The van der Waals surface area contributed by atoms with Crippen molar-refractivity contribution < 1.29 is 14.9 Å². The number of nitrogens with zero attached hydrogens (tertiary/aromatic N) is 2. The Labute approximate surface area is 380 Å². The van der Waals surface area contributed by atoms with Gasteiger partial charge in [0.2, 0.25) is 0 Å². The van der Waals surface area contributed by atoms with Crippen molar-refractivity contribution in [2.24, 2.45) is 5.92 Å².